The van der Waals surface area contributed by atoms with Crippen LogP contribution in [0.4, 0.5) is 0 Å². The lowest BCUT2D eigenvalue weighted by Crippen LogP contribution is -2.33. The minimum Gasteiger partial charge on any atom is -0.393 e. The third-order valence-corrected chi connectivity index (χ3v) is 3.15. The molecule has 88 valence electrons. The average molecular weight is 222 g/mol. The van der Waals surface area contributed by atoms with E-state index in [9.17, 15) is 9.90 Å². The maximum Gasteiger partial charge on any atom is 0.267 e. The smallest absolute Gasteiger partial charge is 0.267 e. The van der Waals surface area contributed by atoms with Gasteiger partial charge in [0.05, 0.1) is 6.10 Å². The van der Waals surface area contributed by atoms with Gasteiger partial charge in [0.25, 0.3) is 5.91 Å². The van der Waals surface area contributed by atoms with Crippen molar-refractivity contribution in [1.29, 1.82) is 0 Å². The molecule has 0 saturated heterocycles. The Morgan fingerprint density at radius 1 is 1.56 bits per heavy atom. The maximum absolute atomic E-state index is 11.6. The molecule has 0 radical (unpaired) electrons. The minimum absolute atomic E-state index is 0.0648. The first-order valence-corrected chi connectivity index (χ1v) is 5.85. The summed E-state index contributed by atoms with van der Waals surface area (Å²) in [5, 5.41) is 12.4. The van der Waals surface area contributed by atoms with Gasteiger partial charge in [0, 0.05) is 12.7 Å². The first kappa shape index (κ1) is 11.2. The van der Waals surface area contributed by atoms with Gasteiger partial charge in [0.15, 0.2) is 0 Å². The first-order valence-electron chi connectivity index (χ1n) is 5.85. The molecule has 0 spiro atoms. The normalized spacial score (nSPS) is 25.3. The second kappa shape index (κ2) is 5.16. The number of carbonyl (C=O) groups excluding carboxylic acids is 1. The highest BCUT2D eigenvalue weighted by Gasteiger charge is 2.20. The Bertz CT molecular complexity index is 335. The van der Waals surface area contributed by atoms with Crippen LogP contribution in [0.15, 0.2) is 18.3 Å². The van der Waals surface area contributed by atoms with Crippen molar-refractivity contribution in [2.45, 2.75) is 31.8 Å². The van der Waals surface area contributed by atoms with E-state index < -0.39 is 0 Å². The Morgan fingerprint density at radius 3 is 3.12 bits per heavy atom. The van der Waals surface area contributed by atoms with Gasteiger partial charge in [-0.15, -0.1) is 0 Å². The fourth-order valence-corrected chi connectivity index (χ4v) is 2.25. The van der Waals surface area contributed by atoms with E-state index in [-0.39, 0.29) is 12.0 Å². The largest absolute Gasteiger partial charge is 0.393 e. The van der Waals surface area contributed by atoms with Crippen LogP contribution in [0, 0.1) is 5.92 Å². The Balaban J connectivity index is 1.77. The lowest BCUT2D eigenvalue weighted by molar-refractivity contribution is 0.0870. The van der Waals surface area contributed by atoms with Gasteiger partial charge in [-0.3, -0.25) is 4.79 Å². The zero-order chi connectivity index (χ0) is 11.4. The summed E-state index contributed by atoms with van der Waals surface area (Å²) in [7, 11) is 0. The maximum atomic E-state index is 11.6. The SMILES string of the molecule is O=C(NCC1CCCC(O)C1)c1ccc[nH]1. The van der Waals surface area contributed by atoms with Crippen LogP contribution in [0.1, 0.15) is 36.2 Å². The third-order valence-electron chi connectivity index (χ3n) is 3.15. The summed E-state index contributed by atoms with van der Waals surface area (Å²) < 4.78 is 0. The van der Waals surface area contributed by atoms with E-state index in [2.05, 4.69) is 10.3 Å². The number of rotatable bonds is 3. The zero-order valence-electron chi connectivity index (χ0n) is 9.28. The molecule has 1 aliphatic carbocycles. The van der Waals surface area contributed by atoms with Gasteiger partial charge in [0.1, 0.15) is 5.69 Å². The predicted molar refractivity (Wildman–Crippen MR) is 61.1 cm³/mol. The van der Waals surface area contributed by atoms with Gasteiger partial charge in [-0.05, 0) is 37.3 Å². The number of nitrogens with one attached hydrogen (secondary N) is 2. The summed E-state index contributed by atoms with van der Waals surface area (Å²) in [5.41, 5.74) is 0.594. The Hall–Kier alpha value is -1.29. The van der Waals surface area contributed by atoms with Gasteiger partial charge in [-0.2, -0.15) is 0 Å². The van der Waals surface area contributed by atoms with E-state index >= 15 is 0 Å². The first-order chi connectivity index (χ1) is 7.75. The average Bonchev–Trinajstić information content (AvgIpc) is 2.79. The van der Waals surface area contributed by atoms with Crippen molar-refractivity contribution in [3.63, 3.8) is 0 Å². The molecule has 3 N–H and O–H groups in total. The van der Waals surface area contributed by atoms with Crippen molar-refractivity contribution >= 4 is 5.91 Å². The molecule has 1 fully saturated rings. The monoisotopic (exact) mass is 222 g/mol. The molecule has 1 heterocycles. The molecule has 2 unspecified atom stereocenters. The molecule has 1 aromatic heterocycles. The number of H-pyrrole nitrogens is 1. The summed E-state index contributed by atoms with van der Waals surface area (Å²) in [5.74, 6) is 0.354. The molecule has 0 bridgehead atoms. The summed E-state index contributed by atoms with van der Waals surface area (Å²) in [6.07, 6.45) is 5.43. The summed E-state index contributed by atoms with van der Waals surface area (Å²) in [6.45, 7) is 0.662. The van der Waals surface area contributed by atoms with Gasteiger partial charge in [0.2, 0.25) is 0 Å². The third kappa shape index (κ3) is 2.85. The number of aromatic amines is 1. The Morgan fingerprint density at radius 2 is 2.44 bits per heavy atom. The van der Waals surface area contributed by atoms with Crippen molar-refractivity contribution in [3.8, 4) is 0 Å². The van der Waals surface area contributed by atoms with Crippen LogP contribution >= 0.6 is 0 Å². The van der Waals surface area contributed by atoms with Gasteiger partial charge < -0.3 is 15.4 Å². The number of carbonyl (C=O) groups is 1. The van der Waals surface area contributed by atoms with Crippen molar-refractivity contribution in [3.05, 3.63) is 24.0 Å². The highest BCUT2D eigenvalue weighted by molar-refractivity contribution is 5.92. The zero-order valence-corrected chi connectivity index (χ0v) is 9.28. The standard InChI is InChI=1S/C12H18N2O2/c15-10-4-1-3-9(7-10)8-14-12(16)11-5-2-6-13-11/h2,5-6,9-10,13,15H,1,3-4,7-8H2,(H,14,16). The summed E-state index contributed by atoms with van der Waals surface area (Å²) in [6, 6.07) is 3.56. The van der Waals surface area contributed by atoms with Crippen LogP contribution < -0.4 is 5.32 Å². The molecular weight excluding hydrogens is 204 g/mol. The number of hydrogen-bond donors (Lipinski definition) is 3. The van der Waals surface area contributed by atoms with Crippen LogP contribution in [-0.2, 0) is 0 Å². The van der Waals surface area contributed by atoms with E-state index in [0.29, 0.717) is 18.2 Å². The molecule has 4 nitrogen and oxygen atoms in total. The lowest BCUT2D eigenvalue weighted by Gasteiger charge is -2.25. The van der Waals surface area contributed by atoms with E-state index in [0.717, 1.165) is 25.7 Å². The highest BCUT2D eigenvalue weighted by atomic mass is 16.3. The van der Waals surface area contributed by atoms with Crippen molar-refractivity contribution in [1.82, 2.24) is 10.3 Å². The van der Waals surface area contributed by atoms with Crippen LogP contribution in [0.25, 0.3) is 0 Å². The molecule has 4 heteroatoms. The molecule has 16 heavy (non-hydrogen) atoms. The molecule has 1 aromatic rings. The fraction of sp³-hybridized carbons (Fsp3) is 0.583. The number of aliphatic hydroxyl groups is 1. The molecule has 2 atom stereocenters. The molecule has 1 aliphatic rings. The molecule has 0 aliphatic heterocycles. The lowest BCUT2D eigenvalue weighted by atomic mass is 9.87. The number of aromatic nitrogens is 1. The van der Waals surface area contributed by atoms with Crippen molar-refractivity contribution in [2.75, 3.05) is 6.54 Å². The Labute approximate surface area is 95.1 Å². The molecular formula is C12H18N2O2. The predicted octanol–water partition coefficient (Wildman–Crippen LogP) is 1.30. The summed E-state index contributed by atoms with van der Waals surface area (Å²) in [4.78, 5) is 14.5. The van der Waals surface area contributed by atoms with Gasteiger partial charge in [-0.1, -0.05) is 6.42 Å². The van der Waals surface area contributed by atoms with Gasteiger partial charge in [-0.25, -0.2) is 0 Å². The number of aliphatic hydroxyl groups excluding tert-OH is 1. The van der Waals surface area contributed by atoms with Gasteiger partial charge >= 0.3 is 0 Å². The van der Waals surface area contributed by atoms with Crippen molar-refractivity contribution < 1.29 is 9.90 Å². The van der Waals surface area contributed by atoms with Crippen LogP contribution in [0.2, 0.25) is 0 Å². The van der Waals surface area contributed by atoms with Crippen LogP contribution in [0.3, 0.4) is 0 Å². The van der Waals surface area contributed by atoms with Crippen molar-refractivity contribution in [2.24, 2.45) is 5.92 Å². The van der Waals surface area contributed by atoms with E-state index in [1.807, 2.05) is 0 Å². The molecule has 1 amide bonds. The molecule has 2 rings (SSSR count). The molecule has 0 aromatic carbocycles. The number of hydrogen-bond acceptors (Lipinski definition) is 2. The topological polar surface area (TPSA) is 65.1 Å². The fourth-order valence-electron chi connectivity index (χ4n) is 2.25. The highest BCUT2D eigenvalue weighted by Crippen LogP contribution is 2.23. The van der Waals surface area contributed by atoms with E-state index in [1.54, 1.807) is 18.3 Å². The van der Waals surface area contributed by atoms with Crippen LogP contribution in [-0.4, -0.2) is 28.6 Å². The summed E-state index contributed by atoms with van der Waals surface area (Å²) >= 11 is 0. The van der Waals surface area contributed by atoms with E-state index in [1.165, 1.54) is 0 Å². The minimum atomic E-state index is -0.180. The van der Waals surface area contributed by atoms with Crippen LogP contribution in [0.5, 0.6) is 0 Å². The Kier molecular flexibility index (Phi) is 3.62. The quantitative estimate of drug-likeness (QED) is 0.721. The second-order valence-electron chi connectivity index (χ2n) is 4.48. The second-order valence-corrected chi connectivity index (χ2v) is 4.48. The number of amides is 1. The molecule has 1 saturated carbocycles. The van der Waals surface area contributed by atoms with E-state index in [4.69, 9.17) is 0 Å².